The van der Waals surface area contributed by atoms with Crippen LogP contribution in [0.5, 0.6) is 5.75 Å². The second-order valence-electron chi connectivity index (χ2n) is 6.94. The fourth-order valence-electron chi connectivity index (χ4n) is 3.44. The highest BCUT2D eigenvalue weighted by molar-refractivity contribution is 6.31. The van der Waals surface area contributed by atoms with E-state index < -0.39 is 0 Å². The number of hydrogen-bond acceptors (Lipinski definition) is 3. The molecule has 0 unspecified atom stereocenters. The third-order valence-corrected chi connectivity index (χ3v) is 5.02. The van der Waals surface area contributed by atoms with Crippen LogP contribution in [0.25, 0.3) is 11.6 Å². The number of rotatable bonds is 5. The van der Waals surface area contributed by atoms with Crippen molar-refractivity contribution >= 4 is 23.5 Å². The molecule has 0 aromatic heterocycles. The van der Waals surface area contributed by atoms with E-state index in [2.05, 4.69) is 0 Å². The summed E-state index contributed by atoms with van der Waals surface area (Å²) in [6.45, 7) is 0.204. The van der Waals surface area contributed by atoms with E-state index in [-0.39, 0.29) is 18.4 Å². The third-order valence-electron chi connectivity index (χ3n) is 5.02. The van der Waals surface area contributed by atoms with Gasteiger partial charge >= 0.3 is 0 Å². The van der Waals surface area contributed by atoms with Crippen LogP contribution in [0.1, 0.15) is 27.0 Å². The zero-order valence-corrected chi connectivity index (χ0v) is 16.6. The monoisotopic (exact) mass is 395 g/mol. The van der Waals surface area contributed by atoms with Crippen molar-refractivity contribution in [2.75, 3.05) is 7.11 Å². The SMILES string of the molecule is COc1ccc(CN2C(=O)/C(=C/C=C/c3ccccc3)c3ccccc3C2=O)cc1. The molecule has 3 aromatic rings. The van der Waals surface area contributed by atoms with Crippen molar-refractivity contribution in [3.05, 3.63) is 113 Å². The van der Waals surface area contributed by atoms with Crippen molar-refractivity contribution < 1.29 is 14.3 Å². The van der Waals surface area contributed by atoms with Crippen molar-refractivity contribution in [1.82, 2.24) is 4.90 Å². The highest BCUT2D eigenvalue weighted by atomic mass is 16.5. The predicted octanol–water partition coefficient (Wildman–Crippen LogP) is 4.97. The molecule has 0 fully saturated rings. The van der Waals surface area contributed by atoms with E-state index in [1.807, 2.05) is 84.9 Å². The lowest BCUT2D eigenvalue weighted by molar-refractivity contribution is -0.123. The first-order valence-electron chi connectivity index (χ1n) is 9.69. The van der Waals surface area contributed by atoms with Crippen molar-refractivity contribution in [2.45, 2.75) is 6.54 Å². The van der Waals surface area contributed by atoms with Crippen molar-refractivity contribution in [1.29, 1.82) is 0 Å². The van der Waals surface area contributed by atoms with Crippen LogP contribution in [-0.2, 0) is 11.3 Å². The lowest BCUT2D eigenvalue weighted by Crippen LogP contribution is -2.41. The van der Waals surface area contributed by atoms with Gasteiger partial charge in [-0.05, 0) is 41.0 Å². The van der Waals surface area contributed by atoms with Crippen LogP contribution < -0.4 is 4.74 Å². The van der Waals surface area contributed by atoms with E-state index in [1.165, 1.54) is 4.90 Å². The summed E-state index contributed by atoms with van der Waals surface area (Å²) < 4.78 is 5.18. The molecule has 1 heterocycles. The first-order valence-corrected chi connectivity index (χ1v) is 9.69. The van der Waals surface area contributed by atoms with Crippen LogP contribution in [-0.4, -0.2) is 23.8 Å². The van der Waals surface area contributed by atoms with Gasteiger partial charge in [-0.25, -0.2) is 0 Å². The van der Waals surface area contributed by atoms with Crippen molar-refractivity contribution in [3.63, 3.8) is 0 Å². The molecular weight excluding hydrogens is 374 g/mol. The van der Waals surface area contributed by atoms with Crippen LogP contribution in [0.4, 0.5) is 0 Å². The van der Waals surface area contributed by atoms with Gasteiger partial charge in [0.15, 0.2) is 0 Å². The molecule has 148 valence electrons. The van der Waals surface area contributed by atoms with Gasteiger partial charge < -0.3 is 4.74 Å². The predicted molar refractivity (Wildman–Crippen MR) is 118 cm³/mol. The molecule has 0 radical (unpaired) electrons. The fourth-order valence-corrected chi connectivity index (χ4v) is 3.44. The number of ether oxygens (including phenoxy) is 1. The molecule has 1 aliphatic rings. The topological polar surface area (TPSA) is 46.6 Å². The van der Waals surface area contributed by atoms with Crippen LogP contribution in [0, 0.1) is 0 Å². The number of fused-ring (bicyclic) bond motifs is 1. The first-order chi connectivity index (χ1) is 14.7. The van der Waals surface area contributed by atoms with Crippen LogP contribution in [0.2, 0.25) is 0 Å². The quantitative estimate of drug-likeness (QED) is 0.452. The molecule has 0 N–H and O–H groups in total. The summed E-state index contributed by atoms with van der Waals surface area (Å²) in [6, 6.07) is 24.5. The zero-order chi connectivity index (χ0) is 20.9. The Balaban J connectivity index is 1.68. The van der Waals surface area contributed by atoms with E-state index in [9.17, 15) is 9.59 Å². The molecule has 0 atom stereocenters. The number of allylic oxidation sites excluding steroid dienone is 2. The van der Waals surface area contributed by atoms with Gasteiger partial charge in [0, 0.05) is 11.1 Å². The van der Waals surface area contributed by atoms with Gasteiger partial charge in [-0.1, -0.05) is 72.8 Å². The van der Waals surface area contributed by atoms with Gasteiger partial charge in [-0.2, -0.15) is 0 Å². The second kappa shape index (κ2) is 8.62. The minimum atomic E-state index is -0.299. The molecular formula is C26H21NO3. The maximum atomic E-state index is 13.2. The van der Waals surface area contributed by atoms with Crippen molar-refractivity contribution in [2.24, 2.45) is 0 Å². The number of amides is 2. The lowest BCUT2D eigenvalue weighted by Gasteiger charge is -2.28. The van der Waals surface area contributed by atoms with Crippen LogP contribution in [0.15, 0.2) is 91.0 Å². The molecule has 0 saturated heterocycles. The summed E-state index contributed by atoms with van der Waals surface area (Å²) in [5.74, 6) is 0.148. The number of carbonyl (C=O) groups excluding carboxylic acids is 2. The minimum absolute atomic E-state index is 0.204. The Morgan fingerprint density at radius 1 is 0.800 bits per heavy atom. The van der Waals surface area contributed by atoms with E-state index in [4.69, 9.17) is 4.74 Å². The molecule has 0 saturated carbocycles. The summed E-state index contributed by atoms with van der Waals surface area (Å²) >= 11 is 0. The molecule has 4 nitrogen and oxygen atoms in total. The lowest BCUT2D eigenvalue weighted by atomic mass is 9.92. The van der Waals surface area contributed by atoms with Gasteiger partial charge in [0.2, 0.25) is 0 Å². The molecule has 30 heavy (non-hydrogen) atoms. The Morgan fingerprint density at radius 2 is 1.47 bits per heavy atom. The number of nitrogens with zero attached hydrogens (tertiary/aromatic N) is 1. The Kier molecular flexibility index (Phi) is 5.57. The number of benzene rings is 3. The standard InChI is InChI=1S/C26H21NO3/c1-30-21-16-14-20(15-17-21)18-27-25(28)23-12-6-5-11-22(23)24(26(27)29)13-7-10-19-8-3-2-4-9-19/h2-17H,18H2,1H3/b10-7+,24-13+. The smallest absolute Gasteiger partial charge is 0.261 e. The zero-order valence-electron chi connectivity index (χ0n) is 16.6. The maximum absolute atomic E-state index is 13.2. The Bertz CT molecular complexity index is 1130. The van der Waals surface area contributed by atoms with Gasteiger partial charge in [-0.15, -0.1) is 0 Å². The first kappa shape index (κ1) is 19.4. The van der Waals surface area contributed by atoms with Gasteiger partial charge in [0.05, 0.1) is 13.7 Å². The van der Waals surface area contributed by atoms with Crippen LogP contribution in [0.3, 0.4) is 0 Å². The van der Waals surface area contributed by atoms with E-state index in [0.29, 0.717) is 16.7 Å². The van der Waals surface area contributed by atoms with Crippen molar-refractivity contribution in [3.8, 4) is 5.75 Å². The number of methoxy groups -OCH3 is 1. The normalized spacial score (nSPS) is 15.0. The average Bonchev–Trinajstić information content (AvgIpc) is 2.80. The summed E-state index contributed by atoms with van der Waals surface area (Å²) in [5.41, 5.74) is 3.60. The molecule has 0 aliphatic carbocycles. The molecule has 0 spiro atoms. The van der Waals surface area contributed by atoms with E-state index in [1.54, 1.807) is 19.3 Å². The maximum Gasteiger partial charge on any atom is 0.261 e. The molecule has 3 aromatic carbocycles. The van der Waals surface area contributed by atoms with E-state index >= 15 is 0 Å². The molecule has 4 heteroatoms. The summed E-state index contributed by atoms with van der Waals surface area (Å²) in [6.07, 6.45) is 5.56. The Hall–Kier alpha value is -3.92. The molecule has 4 rings (SSSR count). The van der Waals surface area contributed by atoms with Crippen LogP contribution >= 0.6 is 0 Å². The second-order valence-corrected chi connectivity index (χ2v) is 6.94. The Morgan fingerprint density at radius 3 is 2.17 bits per heavy atom. The fraction of sp³-hybridized carbons (Fsp3) is 0.0769. The molecule has 2 amide bonds. The number of imide groups is 1. The highest BCUT2D eigenvalue weighted by Gasteiger charge is 2.34. The minimum Gasteiger partial charge on any atom is -0.497 e. The largest absolute Gasteiger partial charge is 0.497 e. The summed E-state index contributed by atoms with van der Waals surface area (Å²) in [5, 5.41) is 0. The number of carbonyl (C=O) groups is 2. The van der Waals surface area contributed by atoms with E-state index in [0.717, 1.165) is 16.9 Å². The third kappa shape index (κ3) is 3.94. The average molecular weight is 395 g/mol. The molecule has 0 bridgehead atoms. The highest BCUT2D eigenvalue weighted by Crippen LogP contribution is 2.30. The molecule has 1 aliphatic heterocycles. The van der Waals surface area contributed by atoms with Gasteiger partial charge in [0.25, 0.3) is 11.8 Å². The summed E-state index contributed by atoms with van der Waals surface area (Å²) in [7, 11) is 1.60. The number of hydrogen-bond donors (Lipinski definition) is 0. The van der Waals surface area contributed by atoms with Gasteiger partial charge in [-0.3, -0.25) is 14.5 Å². The summed E-state index contributed by atoms with van der Waals surface area (Å²) in [4.78, 5) is 27.6. The van der Waals surface area contributed by atoms with Gasteiger partial charge in [0.1, 0.15) is 5.75 Å². The Labute approximate surface area is 175 Å².